The van der Waals surface area contributed by atoms with Crippen molar-refractivity contribution in [1.82, 2.24) is 0 Å². The van der Waals surface area contributed by atoms with Gasteiger partial charge in [-0.25, -0.2) is 4.79 Å². The Morgan fingerprint density at radius 2 is 2.24 bits per heavy atom. The third kappa shape index (κ3) is 2.79. The highest BCUT2D eigenvalue weighted by atomic mass is 32.1. The van der Waals surface area contributed by atoms with Crippen molar-refractivity contribution < 1.29 is 14.3 Å². The van der Waals surface area contributed by atoms with Gasteiger partial charge < -0.3 is 14.4 Å². The van der Waals surface area contributed by atoms with Crippen molar-refractivity contribution >= 4 is 22.3 Å². The SMILES string of the molecule is CCOC(=O)c1cc(C)sc1N1CCOCC1. The lowest BCUT2D eigenvalue weighted by molar-refractivity contribution is 0.0526. The highest BCUT2D eigenvalue weighted by molar-refractivity contribution is 7.16. The molecule has 0 bridgehead atoms. The number of thiophene rings is 1. The van der Waals surface area contributed by atoms with E-state index in [0.29, 0.717) is 12.2 Å². The van der Waals surface area contributed by atoms with Gasteiger partial charge in [0, 0.05) is 18.0 Å². The van der Waals surface area contributed by atoms with Gasteiger partial charge >= 0.3 is 5.97 Å². The molecule has 1 aromatic heterocycles. The highest BCUT2D eigenvalue weighted by Crippen LogP contribution is 2.32. The summed E-state index contributed by atoms with van der Waals surface area (Å²) in [5, 5.41) is 1.02. The lowest BCUT2D eigenvalue weighted by atomic mass is 10.2. The van der Waals surface area contributed by atoms with Crippen molar-refractivity contribution in [2.45, 2.75) is 13.8 Å². The number of carbonyl (C=O) groups is 1. The zero-order valence-corrected chi connectivity index (χ0v) is 11.0. The lowest BCUT2D eigenvalue weighted by Gasteiger charge is -2.28. The van der Waals surface area contributed by atoms with Gasteiger partial charge in [-0.15, -0.1) is 11.3 Å². The minimum absolute atomic E-state index is 0.224. The van der Waals surface area contributed by atoms with Crippen LogP contribution >= 0.6 is 11.3 Å². The van der Waals surface area contributed by atoms with Crippen molar-refractivity contribution in [3.8, 4) is 0 Å². The van der Waals surface area contributed by atoms with Crippen LogP contribution < -0.4 is 4.90 Å². The highest BCUT2D eigenvalue weighted by Gasteiger charge is 2.22. The van der Waals surface area contributed by atoms with Crippen LogP contribution in [0.2, 0.25) is 0 Å². The Balaban J connectivity index is 2.22. The average molecular weight is 255 g/mol. The van der Waals surface area contributed by atoms with Crippen LogP contribution in [0.15, 0.2) is 6.07 Å². The van der Waals surface area contributed by atoms with Crippen molar-refractivity contribution in [3.05, 3.63) is 16.5 Å². The molecular weight excluding hydrogens is 238 g/mol. The second-order valence-corrected chi connectivity index (χ2v) is 5.13. The number of rotatable bonds is 3. The van der Waals surface area contributed by atoms with E-state index in [1.165, 1.54) is 0 Å². The molecule has 1 saturated heterocycles. The first kappa shape index (κ1) is 12.4. The molecule has 1 fully saturated rings. The van der Waals surface area contributed by atoms with Crippen LogP contribution in [0.1, 0.15) is 22.2 Å². The maximum absolute atomic E-state index is 11.8. The molecule has 0 spiro atoms. The number of nitrogens with zero attached hydrogens (tertiary/aromatic N) is 1. The fourth-order valence-electron chi connectivity index (χ4n) is 1.86. The molecule has 0 amide bonds. The lowest BCUT2D eigenvalue weighted by Crippen LogP contribution is -2.36. The molecule has 5 heteroatoms. The third-order valence-electron chi connectivity index (χ3n) is 2.63. The van der Waals surface area contributed by atoms with Gasteiger partial charge in [0.1, 0.15) is 5.00 Å². The topological polar surface area (TPSA) is 38.8 Å². The Hall–Kier alpha value is -1.07. The summed E-state index contributed by atoms with van der Waals surface area (Å²) >= 11 is 1.64. The van der Waals surface area contributed by atoms with Crippen LogP contribution in [-0.2, 0) is 9.47 Å². The van der Waals surface area contributed by atoms with Gasteiger partial charge in [-0.05, 0) is 19.9 Å². The molecule has 2 heterocycles. The van der Waals surface area contributed by atoms with Crippen LogP contribution in [0.25, 0.3) is 0 Å². The molecule has 4 nitrogen and oxygen atoms in total. The van der Waals surface area contributed by atoms with E-state index in [-0.39, 0.29) is 5.97 Å². The number of ether oxygens (including phenoxy) is 2. The standard InChI is InChI=1S/C12H17NO3S/c1-3-16-12(14)10-8-9(2)17-11(10)13-4-6-15-7-5-13/h8H,3-7H2,1-2H3. The molecule has 2 rings (SSSR count). The quantitative estimate of drug-likeness (QED) is 0.775. The Morgan fingerprint density at radius 3 is 2.88 bits per heavy atom. The van der Waals surface area contributed by atoms with E-state index in [1.807, 2.05) is 19.9 Å². The molecule has 1 aromatic rings. The Labute approximate surface area is 105 Å². The molecule has 0 saturated carbocycles. The van der Waals surface area contributed by atoms with Gasteiger partial charge in [0.2, 0.25) is 0 Å². The first-order valence-corrected chi connectivity index (χ1v) is 6.64. The maximum atomic E-state index is 11.8. The van der Waals surface area contributed by atoms with E-state index in [9.17, 15) is 4.79 Å². The summed E-state index contributed by atoms with van der Waals surface area (Å²) in [5.74, 6) is -0.224. The number of morpholine rings is 1. The van der Waals surface area contributed by atoms with E-state index in [1.54, 1.807) is 11.3 Å². The smallest absolute Gasteiger partial charge is 0.341 e. The number of aryl methyl sites for hydroxylation is 1. The van der Waals surface area contributed by atoms with Gasteiger partial charge in [0.05, 0.1) is 25.4 Å². The molecule has 0 aliphatic carbocycles. The second-order valence-electron chi connectivity index (χ2n) is 3.90. The van der Waals surface area contributed by atoms with E-state index in [4.69, 9.17) is 9.47 Å². The predicted molar refractivity (Wildman–Crippen MR) is 68.0 cm³/mol. The van der Waals surface area contributed by atoms with Crippen LogP contribution in [0.4, 0.5) is 5.00 Å². The van der Waals surface area contributed by atoms with Gasteiger partial charge in [0.15, 0.2) is 0 Å². The third-order valence-corrected chi connectivity index (χ3v) is 3.74. The van der Waals surface area contributed by atoms with Crippen LogP contribution in [0, 0.1) is 6.92 Å². The number of anilines is 1. The first-order valence-electron chi connectivity index (χ1n) is 5.82. The summed E-state index contributed by atoms with van der Waals surface area (Å²) in [6.45, 7) is 7.37. The zero-order chi connectivity index (χ0) is 12.3. The summed E-state index contributed by atoms with van der Waals surface area (Å²) in [5.41, 5.74) is 0.691. The van der Waals surface area contributed by atoms with Crippen molar-refractivity contribution in [2.24, 2.45) is 0 Å². The van der Waals surface area contributed by atoms with Crippen molar-refractivity contribution in [1.29, 1.82) is 0 Å². The predicted octanol–water partition coefficient (Wildman–Crippen LogP) is 2.07. The molecule has 0 aromatic carbocycles. The summed E-state index contributed by atoms with van der Waals surface area (Å²) in [6, 6.07) is 1.91. The van der Waals surface area contributed by atoms with Crippen molar-refractivity contribution in [2.75, 3.05) is 37.8 Å². The molecule has 1 aliphatic heterocycles. The Bertz CT molecular complexity index is 396. The summed E-state index contributed by atoms with van der Waals surface area (Å²) in [7, 11) is 0. The van der Waals surface area contributed by atoms with Gasteiger partial charge in [-0.2, -0.15) is 0 Å². The van der Waals surface area contributed by atoms with Crippen molar-refractivity contribution in [3.63, 3.8) is 0 Å². The summed E-state index contributed by atoms with van der Waals surface area (Å²) in [4.78, 5) is 15.2. The molecule has 0 N–H and O–H groups in total. The summed E-state index contributed by atoms with van der Waals surface area (Å²) < 4.78 is 10.4. The molecule has 17 heavy (non-hydrogen) atoms. The van der Waals surface area contributed by atoms with Gasteiger partial charge in [-0.1, -0.05) is 0 Å². The number of carbonyl (C=O) groups excluding carboxylic acids is 1. The first-order chi connectivity index (χ1) is 8.22. The Morgan fingerprint density at radius 1 is 1.53 bits per heavy atom. The maximum Gasteiger partial charge on any atom is 0.341 e. The second kappa shape index (κ2) is 5.51. The summed E-state index contributed by atoms with van der Waals surface area (Å²) in [6.07, 6.45) is 0. The average Bonchev–Trinajstić information content (AvgIpc) is 2.73. The van der Waals surface area contributed by atoms with Crippen LogP contribution in [0.5, 0.6) is 0 Å². The zero-order valence-electron chi connectivity index (χ0n) is 10.2. The molecular formula is C12H17NO3S. The molecule has 0 unspecified atom stereocenters. The molecule has 0 radical (unpaired) electrons. The van der Waals surface area contributed by atoms with Gasteiger partial charge in [-0.3, -0.25) is 0 Å². The van der Waals surface area contributed by atoms with E-state index in [2.05, 4.69) is 4.90 Å². The fourth-order valence-corrected chi connectivity index (χ4v) is 2.90. The number of hydrogen-bond acceptors (Lipinski definition) is 5. The number of hydrogen-bond donors (Lipinski definition) is 0. The number of esters is 1. The normalized spacial score (nSPS) is 16.0. The largest absolute Gasteiger partial charge is 0.462 e. The molecule has 1 aliphatic rings. The molecule has 94 valence electrons. The van der Waals surface area contributed by atoms with E-state index in [0.717, 1.165) is 36.2 Å². The Kier molecular flexibility index (Phi) is 4.02. The van der Waals surface area contributed by atoms with Crippen LogP contribution in [0.3, 0.4) is 0 Å². The minimum Gasteiger partial charge on any atom is -0.462 e. The minimum atomic E-state index is -0.224. The van der Waals surface area contributed by atoms with E-state index < -0.39 is 0 Å². The molecule has 0 atom stereocenters. The monoisotopic (exact) mass is 255 g/mol. The van der Waals surface area contributed by atoms with E-state index >= 15 is 0 Å². The van der Waals surface area contributed by atoms with Crippen LogP contribution in [-0.4, -0.2) is 38.9 Å². The van der Waals surface area contributed by atoms with Gasteiger partial charge in [0.25, 0.3) is 0 Å². The fraction of sp³-hybridized carbons (Fsp3) is 0.583.